The van der Waals surface area contributed by atoms with E-state index in [9.17, 15) is 9.90 Å². The molecule has 0 bridgehead atoms. The minimum atomic E-state index is -0.941. The zero-order valence-electron chi connectivity index (χ0n) is 20.9. The maximum absolute atomic E-state index is 14.3. The topological polar surface area (TPSA) is 40.5 Å². The van der Waals surface area contributed by atoms with Crippen LogP contribution in [0.15, 0.2) is 61.2 Å². The zero-order valence-corrected chi connectivity index (χ0v) is 22.4. The van der Waals surface area contributed by atoms with Crippen LogP contribution >= 0.6 is 23.2 Å². The van der Waals surface area contributed by atoms with Crippen LogP contribution in [0.2, 0.25) is 10.0 Å². The Morgan fingerprint density at radius 2 is 1.82 bits per heavy atom. The molecule has 1 heterocycles. The number of piperidine rings is 1. The monoisotopic (exact) mass is 501 g/mol. The van der Waals surface area contributed by atoms with E-state index >= 15 is 0 Å². The minimum absolute atomic E-state index is 0.0191. The van der Waals surface area contributed by atoms with Gasteiger partial charge in [-0.15, -0.1) is 6.58 Å². The van der Waals surface area contributed by atoms with E-state index < -0.39 is 11.0 Å². The maximum atomic E-state index is 14.3. The van der Waals surface area contributed by atoms with E-state index in [1.165, 1.54) is 0 Å². The van der Waals surface area contributed by atoms with Gasteiger partial charge in [0, 0.05) is 27.9 Å². The fraction of sp³-hybridized carbons (Fsp3) is 0.483. The van der Waals surface area contributed by atoms with Gasteiger partial charge in [-0.3, -0.25) is 4.79 Å². The lowest BCUT2D eigenvalue weighted by atomic mass is 9.66. The first-order valence-electron chi connectivity index (χ1n) is 12.1. The third-order valence-electron chi connectivity index (χ3n) is 7.65. The highest BCUT2D eigenvalue weighted by Gasteiger charge is 2.52. The molecule has 0 saturated carbocycles. The Morgan fingerprint density at radius 3 is 2.35 bits per heavy atom. The van der Waals surface area contributed by atoms with E-state index in [4.69, 9.17) is 23.2 Å². The number of amides is 1. The van der Waals surface area contributed by atoms with E-state index in [1.807, 2.05) is 76.2 Å². The van der Waals surface area contributed by atoms with E-state index in [1.54, 1.807) is 0 Å². The van der Waals surface area contributed by atoms with Crippen molar-refractivity contribution in [1.82, 2.24) is 4.90 Å². The van der Waals surface area contributed by atoms with E-state index in [0.29, 0.717) is 22.9 Å². The van der Waals surface area contributed by atoms with Crippen LogP contribution < -0.4 is 0 Å². The highest BCUT2D eigenvalue weighted by molar-refractivity contribution is 6.30. The number of carbonyl (C=O) groups is 1. The second-order valence-electron chi connectivity index (χ2n) is 10.5. The summed E-state index contributed by atoms with van der Waals surface area (Å²) in [5.41, 5.74) is 0.587. The van der Waals surface area contributed by atoms with Gasteiger partial charge in [0.05, 0.1) is 17.1 Å². The van der Waals surface area contributed by atoms with E-state index in [0.717, 1.165) is 17.5 Å². The molecule has 3 nitrogen and oxygen atoms in total. The molecule has 5 atom stereocenters. The first-order chi connectivity index (χ1) is 15.9. The van der Waals surface area contributed by atoms with Crippen molar-refractivity contribution in [2.75, 3.05) is 0 Å². The molecule has 2 aromatic rings. The molecule has 1 aliphatic heterocycles. The molecule has 0 radical (unpaired) electrons. The molecule has 0 aliphatic carbocycles. The first-order valence-corrected chi connectivity index (χ1v) is 12.9. The number of likely N-dealkylation sites (tertiary alicyclic amines) is 1. The molecule has 5 unspecified atom stereocenters. The number of halogens is 2. The van der Waals surface area contributed by atoms with Gasteiger partial charge >= 0.3 is 0 Å². The summed E-state index contributed by atoms with van der Waals surface area (Å²) in [7, 11) is 0. The second kappa shape index (κ2) is 10.4. The number of rotatable bonds is 8. The van der Waals surface area contributed by atoms with Gasteiger partial charge in [-0.25, -0.2) is 0 Å². The largest absolute Gasteiger partial charge is 0.390 e. The van der Waals surface area contributed by atoms with Crippen LogP contribution in [-0.4, -0.2) is 27.6 Å². The Labute approximate surface area is 214 Å². The quantitative estimate of drug-likeness (QED) is 0.374. The number of hydrogen-bond acceptors (Lipinski definition) is 2. The summed E-state index contributed by atoms with van der Waals surface area (Å²) < 4.78 is 0. The average molecular weight is 503 g/mol. The fourth-order valence-corrected chi connectivity index (χ4v) is 5.84. The van der Waals surface area contributed by atoms with Crippen molar-refractivity contribution in [3.8, 4) is 0 Å². The number of carbonyl (C=O) groups excluding carboxylic acids is 1. The van der Waals surface area contributed by atoms with Crippen LogP contribution in [0.25, 0.3) is 0 Å². The van der Waals surface area contributed by atoms with Gasteiger partial charge in [-0.1, -0.05) is 74.3 Å². The third-order valence-corrected chi connectivity index (χ3v) is 8.14. The predicted octanol–water partition coefficient (Wildman–Crippen LogP) is 7.82. The predicted molar refractivity (Wildman–Crippen MR) is 142 cm³/mol. The molecule has 184 valence electrons. The molecule has 3 rings (SSSR count). The molecular formula is C29H37Cl2NO2. The highest BCUT2D eigenvalue weighted by atomic mass is 35.5. The summed E-state index contributed by atoms with van der Waals surface area (Å²) in [4.78, 5) is 16.4. The van der Waals surface area contributed by atoms with Crippen LogP contribution in [0.1, 0.15) is 77.0 Å². The molecule has 5 heteroatoms. The van der Waals surface area contributed by atoms with Crippen molar-refractivity contribution >= 4 is 29.1 Å². The van der Waals surface area contributed by atoms with Gasteiger partial charge in [0.15, 0.2) is 0 Å². The molecular weight excluding hydrogens is 465 g/mol. The molecule has 0 aromatic heterocycles. The number of hydrogen-bond donors (Lipinski definition) is 1. The average Bonchev–Trinajstić information content (AvgIpc) is 2.77. The van der Waals surface area contributed by atoms with Crippen molar-refractivity contribution in [3.63, 3.8) is 0 Å². The lowest BCUT2D eigenvalue weighted by Crippen LogP contribution is -2.59. The van der Waals surface area contributed by atoms with Gasteiger partial charge in [0.2, 0.25) is 5.91 Å². The number of allylic oxidation sites excluding steroid dienone is 1. The van der Waals surface area contributed by atoms with Crippen molar-refractivity contribution in [3.05, 3.63) is 82.4 Å². The Hall–Kier alpha value is -1.81. The van der Waals surface area contributed by atoms with Crippen molar-refractivity contribution in [2.24, 2.45) is 11.3 Å². The maximum Gasteiger partial charge on any atom is 0.229 e. The van der Waals surface area contributed by atoms with Crippen molar-refractivity contribution in [2.45, 2.75) is 77.5 Å². The number of nitrogens with zero attached hydrogens (tertiary/aromatic N) is 1. The van der Waals surface area contributed by atoms with Gasteiger partial charge in [-0.2, -0.15) is 0 Å². The number of benzene rings is 2. The van der Waals surface area contributed by atoms with Gasteiger partial charge in [0.1, 0.15) is 0 Å². The normalized spacial score (nSPS) is 25.2. The van der Waals surface area contributed by atoms with Crippen LogP contribution in [0.3, 0.4) is 0 Å². The van der Waals surface area contributed by atoms with Gasteiger partial charge < -0.3 is 10.0 Å². The SMILES string of the molecule is C=CCC1(C)CC(c2cccc(Cl)c2)C(c2ccc(Cl)cc2)N(C(CC)C(C)C(C)(C)O)C1=O. The van der Waals surface area contributed by atoms with Gasteiger partial charge in [0.25, 0.3) is 0 Å². The zero-order chi connectivity index (χ0) is 25.3. The Balaban J connectivity index is 2.27. The van der Waals surface area contributed by atoms with Crippen LogP contribution in [0, 0.1) is 11.3 Å². The highest BCUT2D eigenvalue weighted by Crippen LogP contribution is 2.53. The standard InChI is InChI=1S/C29H37Cl2NO2/c1-7-16-29(6)18-24(21-10-9-11-23(31)17-21)26(20-12-14-22(30)15-13-20)32(27(29)33)25(8-2)19(3)28(4,5)34/h7,9-15,17,19,24-26,34H,1,8,16,18H2,2-6H3. The Bertz CT molecular complexity index is 1010. The minimum Gasteiger partial charge on any atom is -0.390 e. The summed E-state index contributed by atoms with van der Waals surface area (Å²) in [6, 6.07) is 15.4. The lowest BCUT2D eigenvalue weighted by Gasteiger charge is -2.54. The first kappa shape index (κ1) is 26.8. The molecule has 1 N–H and O–H groups in total. The van der Waals surface area contributed by atoms with Gasteiger partial charge in [-0.05, 0) is 68.5 Å². The second-order valence-corrected chi connectivity index (χ2v) is 11.4. The van der Waals surface area contributed by atoms with E-state index in [2.05, 4.69) is 24.5 Å². The smallest absolute Gasteiger partial charge is 0.229 e. The van der Waals surface area contributed by atoms with Crippen LogP contribution in [0.5, 0.6) is 0 Å². The molecule has 1 fully saturated rings. The van der Waals surface area contributed by atoms with Crippen molar-refractivity contribution in [1.29, 1.82) is 0 Å². The molecule has 0 spiro atoms. The molecule has 34 heavy (non-hydrogen) atoms. The Morgan fingerprint density at radius 1 is 1.18 bits per heavy atom. The summed E-state index contributed by atoms with van der Waals surface area (Å²) in [5.74, 6) is -0.0125. The van der Waals surface area contributed by atoms with Crippen molar-refractivity contribution < 1.29 is 9.90 Å². The van der Waals surface area contributed by atoms with E-state index in [-0.39, 0.29) is 29.8 Å². The third kappa shape index (κ3) is 5.37. The molecule has 2 aromatic carbocycles. The summed E-state index contributed by atoms with van der Waals surface area (Å²) in [6.07, 6.45) is 3.83. The van der Waals surface area contributed by atoms with Crippen LogP contribution in [0.4, 0.5) is 0 Å². The van der Waals surface area contributed by atoms with Crippen LogP contribution in [-0.2, 0) is 4.79 Å². The summed E-state index contributed by atoms with van der Waals surface area (Å²) >= 11 is 12.7. The molecule has 1 amide bonds. The molecule has 1 aliphatic rings. The molecule has 1 saturated heterocycles. The fourth-order valence-electron chi connectivity index (χ4n) is 5.51. The lowest BCUT2D eigenvalue weighted by molar-refractivity contribution is -0.159. The summed E-state index contributed by atoms with van der Waals surface area (Å²) in [5, 5.41) is 12.3. The summed E-state index contributed by atoms with van der Waals surface area (Å²) in [6.45, 7) is 13.8. The Kier molecular flexibility index (Phi) is 8.22. The number of aliphatic hydroxyl groups is 1.